The molecule has 1 N–H and O–H groups in total. The van der Waals surface area contributed by atoms with Gasteiger partial charge in [0.1, 0.15) is 5.82 Å². The number of likely N-dealkylation sites (tertiary alicyclic amines) is 1. The molecule has 1 atom stereocenters. The molecule has 4 nitrogen and oxygen atoms in total. The molecular weight excluding hydrogens is 332 g/mol. The highest BCUT2D eigenvalue weighted by atomic mass is 15.2. The topological polar surface area (TPSA) is 41.1 Å². The maximum atomic E-state index is 4.40. The number of hydrogen-bond donors (Lipinski definition) is 1. The average molecular weight is 367 g/mol. The monoisotopic (exact) mass is 366 g/mol. The molecule has 0 unspecified atom stereocenters. The van der Waals surface area contributed by atoms with E-state index in [1.807, 2.05) is 12.4 Å². The molecule has 1 aliphatic rings. The number of hydrogen-bond acceptors (Lipinski definition) is 4. The van der Waals surface area contributed by atoms with Gasteiger partial charge in [0.25, 0.3) is 0 Å². The first-order valence-corrected chi connectivity index (χ1v) is 10.5. The summed E-state index contributed by atoms with van der Waals surface area (Å²) in [4.78, 5) is 11.4. The van der Waals surface area contributed by atoms with Gasteiger partial charge < -0.3 is 5.32 Å². The summed E-state index contributed by atoms with van der Waals surface area (Å²) in [5.41, 5.74) is 4.04. The van der Waals surface area contributed by atoms with Gasteiger partial charge in [-0.15, -0.1) is 0 Å². The Balaban J connectivity index is 1.47. The van der Waals surface area contributed by atoms with Crippen molar-refractivity contribution >= 4 is 0 Å². The van der Waals surface area contributed by atoms with Crippen LogP contribution in [0.1, 0.15) is 56.1 Å². The Hall–Kier alpha value is -1.78. The Kier molecular flexibility index (Phi) is 7.36. The van der Waals surface area contributed by atoms with E-state index in [0.717, 1.165) is 31.9 Å². The molecule has 0 amide bonds. The van der Waals surface area contributed by atoms with Crippen molar-refractivity contribution in [2.75, 3.05) is 13.1 Å². The zero-order chi connectivity index (χ0) is 19.1. The Labute approximate surface area is 164 Å². The number of piperidine rings is 1. The highest BCUT2D eigenvalue weighted by Gasteiger charge is 2.19. The van der Waals surface area contributed by atoms with Gasteiger partial charge in [-0.05, 0) is 42.9 Å². The minimum atomic E-state index is 0.546. The van der Waals surface area contributed by atoms with E-state index < -0.39 is 0 Å². The van der Waals surface area contributed by atoms with E-state index >= 15 is 0 Å². The Morgan fingerprint density at radius 1 is 1.07 bits per heavy atom. The minimum absolute atomic E-state index is 0.546. The number of benzene rings is 1. The van der Waals surface area contributed by atoms with Gasteiger partial charge >= 0.3 is 0 Å². The largest absolute Gasteiger partial charge is 0.309 e. The van der Waals surface area contributed by atoms with Crippen LogP contribution in [0.5, 0.6) is 0 Å². The van der Waals surface area contributed by atoms with Gasteiger partial charge in [-0.3, -0.25) is 4.90 Å². The SMILES string of the molecule is CCc1ncc(CN[C@H]2CCCN(Cc3ccc(CC(C)C)cc3)C2)cn1. The summed E-state index contributed by atoms with van der Waals surface area (Å²) in [6, 6.07) is 9.76. The van der Waals surface area contributed by atoms with Crippen molar-refractivity contribution in [2.45, 2.75) is 65.6 Å². The number of aromatic nitrogens is 2. The van der Waals surface area contributed by atoms with Gasteiger partial charge in [0.05, 0.1) is 0 Å². The molecule has 1 fully saturated rings. The summed E-state index contributed by atoms with van der Waals surface area (Å²) in [6.07, 6.45) is 8.48. The van der Waals surface area contributed by atoms with Gasteiger partial charge in [0.15, 0.2) is 0 Å². The molecule has 2 heterocycles. The molecule has 1 aliphatic heterocycles. The highest BCUT2D eigenvalue weighted by molar-refractivity contribution is 5.23. The van der Waals surface area contributed by atoms with Gasteiger partial charge in [-0.2, -0.15) is 0 Å². The zero-order valence-corrected chi connectivity index (χ0v) is 17.1. The third kappa shape index (κ3) is 6.40. The van der Waals surface area contributed by atoms with E-state index in [-0.39, 0.29) is 0 Å². The predicted molar refractivity (Wildman–Crippen MR) is 112 cm³/mol. The third-order valence-corrected chi connectivity index (χ3v) is 5.25. The summed E-state index contributed by atoms with van der Waals surface area (Å²) in [7, 11) is 0. The number of aryl methyl sites for hydroxylation is 1. The summed E-state index contributed by atoms with van der Waals surface area (Å²) in [5.74, 6) is 1.63. The second-order valence-corrected chi connectivity index (χ2v) is 8.23. The first-order chi connectivity index (χ1) is 13.1. The summed E-state index contributed by atoms with van der Waals surface area (Å²) < 4.78 is 0. The lowest BCUT2D eigenvalue weighted by atomic mass is 10.0. The minimum Gasteiger partial charge on any atom is -0.309 e. The van der Waals surface area contributed by atoms with Crippen LogP contribution in [-0.2, 0) is 25.9 Å². The first kappa shape index (κ1) is 20.0. The second-order valence-electron chi connectivity index (χ2n) is 8.23. The Morgan fingerprint density at radius 3 is 2.44 bits per heavy atom. The molecule has 3 rings (SSSR count). The molecule has 27 heavy (non-hydrogen) atoms. The van der Waals surface area contributed by atoms with Crippen LogP contribution in [-0.4, -0.2) is 34.0 Å². The van der Waals surface area contributed by atoms with Crippen molar-refractivity contribution in [3.8, 4) is 0 Å². The van der Waals surface area contributed by atoms with Gasteiger partial charge in [0.2, 0.25) is 0 Å². The maximum absolute atomic E-state index is 4.40. The maximum Gasteiger partial charge on any atom is 0.127 e. The standard InChI is InChI=1S/C23H34N4/c1-4-23-25-14-21(15-26-23)13-24-22-6-5-11-27(17-22)16-20-9-7-19(8-10-20)12-18(2)3/h7-10,14-15,18,22,24H,4-6,11-13,16-17H2,1-3H3/t22-/m0/s1. The van der Waals surface area contributed by atoms with E-state index in [0.29, 0.717) is 12.0 Å². The summed E-state index contributed by atoms with van der Waals surface area (Å²) in [5, 5.41) is 3.70. The fourth-order valence-electron chi connectivity index (χ4n) is 3.79. The molecule has 0 aliphatic carbocycles. The van der Waals surface area contributed by atoms with Gasteiger partial charge in [0, 0.05) is 50.1 Å². The van der Waals surface area contributed by atoms with Crippen molar-refractivity contribution in [1.82, 2.24) is 20.2 Å². The lowest BCUT2D eigenvalue weighted by molar-refractivity contribution is 0.182. The molecule has 0 bridgehead atoms. The van der Waals surface area contributed by atoms with Crippen molar-refractivity contribution in [1.29, 1.82) is 0 Å². The number of nitrogens with zero attached hydrogens (tertiary/aromatic N) is 3. The van der Waals surface area contributed by atoms with E-state index in [1.165, 1.54) is 42.5 Å². The molecule has 2 aromatic rings. The fourth-order valence-corrected chi connectivity index (χ4v) is 3.79. The molecule has 0 spiro atoms. The Bertz CT molecular complexity index is 679. The third-order valence-electron chi connectivity index (χ3n) is 5.25. The lowest BCUT2D eigenvalue weighted by Gasteiger charge is -2.33. The van der Waals surface area contributed by atoms with Crippen LogP contribution in [0.25, 0.3) is 0 Å². The second kappa shape index (κ2) is 9.95. The Morgan fingerprint density at radius 2 is 1.78 bits per heavy atom. The lowest BCUT2D eigenvalue weighted by Crippen LogP contribution is -2.45. The average Bonchev–Trinajstić information content (AvgIpc) is 2.68. The smallest absolute Gasteiger partial charge is 0.127 e. The van der Waals surface area contributed by atoms with Crippen LogP contribution >= 0.6 is 0 Å². The van der Waals surface area contributed by atoms with Gasteiger partial charge in [-0.1, -0.05) is 45.0 Å². The van der Waals surface area contributed by atoms with Crippen LogP contribution in [0.4, 0.5) is 0 Å². The zero-order valence-electron chi connectivity index (χ0n) is 17.1. The molecule has 1 saturated heterocycles. The van der Waals surface area contributed by atoms with E-state index in [2.05, 4.69) is 65.2 Å². The summed E-state index contributed by atoms with van der Waals surface area (Å²) in [6.45, 7) is 10.8. The molecule has 0 radical (unpaired) electrons. The quantitative estimate of drug-likeness (QED) is 0.767. The molecular formula is C23H34N4. The van der Waals surface area contributed by atoms with Crippen LogP contribution in [0, 0.1) is 5.92 Å². The molecule has 1 aromatic heterocycles. The van der Waals surface area contributed by atoms with E-state index in [9.17, 15) is 0 Å². The van der Waals surface area contributed by atoms with Crippen molar-refractivity contribution < 1.29 is 0 Å². The summed E-state index contributed by atoms with van der Waals surface area (Å²) >= 11 is 0. The molecule has 4 heteroatoms. The normalized spacial score (nSPS) is 18.1. The molecule has 1 aromatic carbocycles. The molecule has 146 valence electrons. The van der Waals surface area contributed by atoms with Crippen LogP contribution in [0.15, 0.2) is 36.7 Å². The van der Waals surface area contributed by atoms with Crippen molar-refractivity contribution in [3.63, 3.8) is 0 Å². The number of rotatable bonds is 8. The van der Waals surface area contributed by atoms with Crippen LogP contribution < -0.4 is 5.32 Å². The van der Waals surface area contributed by atoms with Crippen molar-refractivity contribution in [3.05, 3.63) is 59.2 Å². The fraction of sp³-hybridized carbons (Fsp3) is 0.565. The van der Waals surface area contributed by atoms with E-state index in [4.69, 9.17) is 0 Å². The highest BCUT2D eigenvalue weighted by Crippen LogP contribution is 2.16. The predicted octanol–water partition coefficient (Wildman–Crippen LogP) is 3.99. The van der Waals surface area contributed by atoms with Crippen LogP contribution in [0.3, 0.4) is 0 Å². The van der Waals surface area contributed by atoms with Crippen LogP contribution in [0.2, 0.25) is 0 Å². The van der Waals surface area contributed by atoms with Gasteiger partial charge in [-0.25, -0.2) is 9.97 Å². The first-order valence-electron chi connectivity index (χ1n) is 10.5. The van der Waals surface area contributed by atoms with E-state index in [1.54, 1.807) is 0 Å². The number of nitrogens with one attached hydrogen (secondary N) is 1. The molecule has 0 saturated carbocycles. The van der Waals surface area contributed by atoms with Crippen molar-refractivity contribution in [2.24, 2.45) is 5.92 Å².